The van der Waals surface area contributed by atoms with Crippen molar-refractivity contribution in [2.45, 2.75) is 26.3 Å². The molecule has 0 bridgehead atoms. The van der Waals surface area contributed by atoms with Crippen LogP contribution in [0.1, 0.15) is 37.4 Å². The van der Waals surface area contributed by atoms with Gasteiger partial charge < -0.3 is 10.1 Å². The number of hydrogen-bond acceptors (Lipinski definition) is 3. The minimum Gasteiger partial charge on any atom is -0.492 e. The summed E-state index contributed by atoms with van der Waals surface area (Å²) in [6.07, 6.45) is 4.67. The molecule has 112 valence electrons. The predicted octanol–water partition coefficient (Wildman–Crippen LogP) is 4.22. The summed E-state index contributed by atoms with van der Waals surface area (Å²) in [6.45, 7) is 5.68. The second-order valence-electron chi connectivity index (χ2n) is 4.83. The maximum Gasteiger partial charge on any atom is 0.137 e. The molecule has 21 heavy (non-hydrogen) atoms. The van der Waals surface area contributed by atoms with E-state index in [1.165, 1.54) is 0 Å². The molecule has 1 aromatic heterocycles. The number of halogens is 1. The normalized spacial score (nSPS) is 12.1. The highest BCUT2D eigenvalue weighted by molar-refractivity contribution is 6.30. The van der Waals surface area contributed by atoms with Crippen molar-refractivity contribution in [2.75, 3.05) is 13.2 Å². The van der Waals surface area contributed by atoms with E-state index in [1.807, 2.05) is 37.4 Å². The van der Waals surface area contributed by atoms with Gasteiger partial charge >= 0.3 is 0 Å². The largest absolute Gasteiger partial charge is 0.492 e. The lowest BCUT2D eigenvalue weighted by atomic mass is 10.00. The summed E-state index contributed by atoms with van der Waals surface area (Å²) < 4.78 is 5.54. The monoisotopic (exact) mass is 304 g/mol. The van der Waals surface area contributed by atoms with Crippen molar-refractivity contribution in [2.24, 2.45) is 0 Å². The maximum atomic E-state index is 6.12. The fourth-order valence-electron chi connectivity index (χ4n) is 2.24. The summed E-state index contributed by atoms with van der Waals surface area (Å²) in [5.74, 6) is 0.792. The van der Waals surface area contributed by atoms with E-state index >= 15 is 0 Å². The maximum absolute atomic E-state index is 6.12. The van der Waals surface area contributed by atoms with E-state index in [4.69, 9.17) is 16.3 Å². The highest BCUT2D eigenvalue weighted by atomic mass is 35.5. The molecule has 0 saturated heterocycles. The molecule has 1 unspecified atom stereocenters. The van der Waals surface area contributed by atoms with E-state index < -0.39 is 0 Å². The Morgan fingerprint density at radius 3 is 2.76 bits per heavy atom. The molecule has 0 saturated carbocycles. The molecule has 0 aliphatic carbocycles. The van der Waals surface area contributed by atoms with Gasteiger partial charge in [-0.15, -0.1) is 0 Å². The van der Waals surface area contributed by atoms with Crippen LogP contribution in [0.15, 0.2) is 42.7 Å². The van der Waals surface area contributed by atoms with Crippen LogP contribution in [0, 0.1) is 0 Å². The molecule has 1 atom stereocenters. The van der Waals surface area contributed by atoms with E-state index in [0.717, 1.165) is 34.9 Å². The first-order valence-electron chi connectivity index (χ1n) is 7.31. The van der Waals surface area contributed by atoms with Gasteiger partial charge in [0.25, 0.3) is 0 Å². The van der Waals surface area contributed by atoms with Crippen molar-refractivity contribution in [3.63, 3.8) is 0 Å². The first-order valence-corrected chi connectivity index (χ1v) is 7.69. The number of pyridine rings is 1. The lowest BCUT2D eigenvalue weighted by molar-refractivity contribution is 0.338. The predicted molar refractivity (Wildman–Crippen MR) is 87.0 cm³/mol. The smallest absolute Gasteiger partial charge is 0.137 e. The third-order valence-electron chi connectivity index (χ3n) is 3.16. The van der Waals surface area contributed by atoms with Crippen LogP contribution in [0.25, 0.3) is 0 Å². The van der Waals surface area contributed by atoms with E-state index in [-0.39, 0.29) is 6.04 Å². The van der Waals surface area contributed by atoms with Crippen molar-refractivity contribution in [1.29, 1.82) is 0 Å². The first-order chi connectivity index (χ1) is 10.2. The molecule has 0 radical (unpaired) electrons. The van der Waals surface area contributed by atoms with Crippen molar-refractivity contribution < 1.29 is 4.74 Å². The Kier molecular flexibility index (Phi) is 6.03. The zero-order valence-electron chi connectivity index (χ0n) is 12.5. The Balaban J connectivity index is 2.33. The van der Waals surface area contributed by atoms with Gasteiger partial charge in [-0.25, -0.2) is 0 Å². The molecule has 0 aliphatic rings. The molecular weight excluding hydrogens is 284 g/mol. The van der Waals surface area contributed by atoms with Crippen LogP contribution in [0.4, 0.5) is 0 Å². The van der Waals surface area contributed by atoms with Gasteiger partial charge in [0.1, 0.15) is 5.75 Å². The molecule has 4 heteroatoms. The standard InChI is InChI=1S/C17H21ClN2O/c1-3-8-20-17(13-6-5-7-15(18)9-13)14-10-16(21-4-2)12-19-11-14/h5-7,9-12,17,20H,3-4,8H2,1-2H3. The Morgan fingerprint density at radius 2 is 2.05 bits per heavy atom. The van der Waals surface area contributed by atoms with Gasteiger partial charge in [0.15, 0.2) is 0 Å². The minimum absolute atomic E-state index is 0.0663. The molecule has 0 amide bonds. The topological polar surface area (TPSA) is 34.2 Å². The average Bonchev–Trinajstić information content (AvgIpc) is 2.49. The Labute approximate surface area is 131 Å². The van der Waals surface area contributed by atoms with Crippen LogP contribution in [-0.2, 0) is 0 Å². The lowest BCUT2D eigenvalue weighted by Gasteiger charge is -2.20. The number of rotatable bonds is 7. The second kappa shape index (κ2) is 8.01. The van der Waals surface area contributed by atoms with Crippen LogP contribution in [-0.4, -0.2) is 18.1 Å². The third kappa shape index (κ3) is 4.45. The Bertz CT molecular complexity index is 574. The van der Waals surface area contributed by atoms with Gasteiger partial charge in [-0.1, -0.05) is 30.7 Å². The van der Waals surface area contributed by atoms with E-state index in [0.29, 0.717) is 6.61 Å². The van der Waals surface area contributed by atoms with Crippen LogP contribution in [0.5, 0.6) is 5.75 Å². The zero-order valence-corrected chi connectivity index (χ0v) is 13.2. The SMILES string of the molecule is CCCNC(c1cccc(Cl)c1)c1cncc(OCC)c1. The van der Waals surface area contributed by atoms with Gasteiger partial charge in [-0.3, -0.25) is 4.98 Å². The molecule has 1 N–H and O–H groups in total. The molecule has 1 aromatic carbocycles. The average molecular weight is 305 g/mol. The number of benzene rings is 1. The number of hydrogen-bond donors (Lipinski definition) is 1. The molecule has 1 heterocycles. The summed E-state index contributed by atoms with van der Waals surface area (Å²) >= 11 is 6.12. The van der Waals surface area contributed by atoms with Crippen LogP contribution < -0.4 is 10.1 Å². The third-order valence-corrected chi connectivity index (χ3v) is 3.39. The molecule has 3 nitrogen and oxygen atoms in total. The van der Waals surface area contributed by atoms with Gasteiger partial charge in [-0.05, 0) is 49.2 Å². The first kappa shape index (κ1) is 15.8. The summed E-state index contributed by atoms with van der Waals surface area (Å²) in [6, 6.07) is 10.0. The summed E-state index contributed by atoms with van der Waals surface area (Å²) in [4.78, 5) is 4.28. The Hall–Kier alpha value is -1.58. The quantitative estimate of drug-likeness (QED) is 0.831. The molecule has 2 rings (SSSR count). The molecule has 0 fully saturated rings. The minimum atomic E-state index is 0.0663. The summed E-state index contributed by atoms with van der Waals surface area (Å²) in [5, 5.41) is 4.28. The van der Waals surface area contributed by atoms with Crippen LogP contribution in [0.3, 0.4) is 0 Å². The van der Waals surface area contributed by atoms with Crippen molar-refractivity contribution in [3.8, 4) is 5.75 Å². The number of ether oxygens (including phenoxy) is 1. The highest BCUT2D eigenvalue weighted by Gasteiger charge is 2.14. The van der Waals surface area contributed by atoms with E-state index in [9.17, 15) is 0 Å². The Morgan fingerprint density at radius 1 is 1.19 bits per heavy atom. The fraction of sp³-hybridized carbons (Fsp3) is 0.353. The van der Waals surface area contributed by atoms with Gasteiger partial charge in [0.2, 0.25) is 0 Å². The second-order valence-corrected chi connectivity index (χ2v) is 5.27. The van der Waals surface area contributed by atoms with Crippen molar-refractivity contribution in [3.05, 3.63) is 58.9 Å². The molecular formula is C17H21ClN2O. The number of aromatic nitrogens is 1. The van der Waals surface area contributed by atoms with Crippen LogP contribution >= 0.6 is 11.6 Å². The highest BCUT2D eigenvalue weighted by Crippen LogP contribution is 2.26. The van der Waals surface area contributed by atoms with Crippen molar-refractivity contribution >= 4 is 11.6 Å². The number of nitrogens with one attached hydrogen (secondary N) is 1. The lowest BCUT2D eigenvalue weighted by Crippen LogP contribution is -2.23. The molecule has 0 aliphatic heterocycles. The molecule has 2 aromatic rings. The van der Waals surface area contributed by atoms with Crippen LogP contribution in [0.2, 0.25) is 5.02 Å². The molecule has 0 spiro atoms. The van der Waals surface area contributed by atoms with Crippen molar-refractivity contribution in [1.82, 2.24) is 10.3 Å². The van der Waals surface area contributed by atoms with Gasteiger partial charge in [0, 0.05) is 11.2 Å². The van der Waals surface area contributed by atoms with E-state index in [2.05, 4.69) is 23.3 Å². The van der Waals surface area contributed by atoms with E-state index in [1.54, 1.807) is 6.20 Å². The van der Waals surface area contributed by atoms with Gasteiger partial charge in [0.05, 0.1) is 18.8 Å². The fourth-order valence-corrected chi connectivity index (χ4v) is 2.44. The summed E-state index contributed by atoms with van der Waals surface area (Å²) in [7, 11) is 0. The zero-order chi connectivity index (χ0) is 15.1. The number of nitrogens with zero attached hydrogens (tertiary/aromatic N) is 1. The van der Waals surface area contributed by atoms with Gasteiger partial charge in [-0.2, -0.15) is 0 Å². The summed E-state index contributed by atoms with van der Waals surface area (Å²) in [5.41, 5.74) is 2.21.